The standard InChI is InChI=1S/C27H32N2O5.2H2/c1-16-9-19(10-17-11-23(26(2,3)4)29(24(16)17)13-20(31)14-30)28-25(32)27(7-8-27)18-5-6-21-22(12-18)34-15-33-21;;/h5-6,9-12,20,30-31H,7-8,13-15H2,1-4H3,(H,28,32);2*1H. The van der Waals surface area contributed by atoms with Crippen LogP contribution in [0.5, 0.6) is 11.5 Å². The molecule has 0 radical (unpaired) electrons. The number of anilines is 1. The van der Waals surface area contributed by atoms with E-state index in [4.69, 9.17) is 9.47 Å². The van der Waals surface area contributed by atoms with Crippen molar-refractivity contribution < 1.29 is 27.3 Å². The molecule has 0 spiro atoms. The molecule has 2 heterocycles. The van der Waals surface area contributed by atoms with E-state index in [9.17, 15) is 15.0 Å². The number of rotatable bonds is 6. The fraction of sp³-hybridized carbons (Fsp3) is 0.444. The van der Waals surface area contributed by atoms with E-state index in [-0.39, 0.29) is 27.6 Å². The molecule has 184 valence electrons. The van der Waals surface area contributed by atoms with Crippen LogP contribution in [0.1, 0.15) is 53.3 Å². The van der Waals surface area contributed by atoms with Crippen LogP contribution in [0.25, 0.3) is 10.9 Å². The lowest BCUT2D eigenvalue weighted by Crippen LogP contribution is -2.27. The number of aromatic nitrogens is 1. The average molecular weight is 469 g/mol. The number of aryl methyl sites for hydroxylation is 1. The monoisotopic (exact) mass is 468 g/mol. The van der Waals surface area contributed by atoms with Crippen molar-refractivity contribution in [3.63, 3.8) is 0 Å². The zero-order valence-electron chi connectivity index (χ0n) is 20.1. The van der Waals surface area contributed by atoms with Crippen LogP contribution in [0.3, 0.4) is 0 Å². The number of benzene rings is 2. The number of aliphatic hydroxyl groups is 2. The molecule has 1 unspecified atom stereocenters. The van der Waals surface area contributed by atoms with Crippen molar-refractivity contribution in [2.45, 2.75) is 64.0 Å². The highest BCUT2D eigenvalue weighted by Gasteiger charge is 2.51. The van der Waals surface area contributed by atoms with Crippen LogP contribution in [0.15, 0.2) is 36.4 Å². The molecule has 5 rings (SSSR count). The number of nitrogens with zero attached hydrogens (tertiary/aromatic N) is 1. The van der Waals surface area contributed by atoms with Crippen molar-refractivity contribution in [3.8, 4) is 11.5 Å². The van der Waals surface area contributed by atoms with E-state index in [2.05, 4.69) is 36.7 Å². The SMILES string of the molecule is Cc1cc(NC(=O)C2(c3ccc4c(c3)OCO4)CC2)cc2cc(C(C)(C)C)n(CC(O)CO)c12.[HH].[HH]. The molecule has 2 aromatic carbocycles. The summed E-state index contributed by atoms with van der Waals surface area (Å²) >= 11 is 0. The summed E-state index contributed by atoms with van der Waals surface area (Å²) < 4.78 is 13.0. The van der Waals surface area contributed by atoms with Gasteiger partial charge in [0, 0.05) is 25.0 Å². The fourth-order valence-corrected chi connectivity index (χ4v) is 5.00. The molecule has 3 aromatic rings. The maximum atomic E-state index is 13.4. The number of carbonyl (C=O) groups excluding carboxylic acids is 1. The van der Waals surface area contributed by atoms with Crippen LogP contribution in [0.4, 0.5) is 5.69 Å². The van der Waals surface area contributed by atoms with E-state index in [0.717, 1.165) is 46.3 Å². The molecule has 1 aromatic heterocycles. The predicted molar refractivity (Wildman–Crippen MR) is 135 cm³/mol. The number of carbonyl (C=O) groups is 1. The summed E-state index contributed by atoms with van der Waals surface area (Å²) in [5, 5.41) is 23.7. The Morgan fingerprint density at radius 3 is 2.59 bits per heavy atom. The zero-order valence-corrected chi connectivity index (χ0v) is 20.1. The van der Waals surface area contributed by atoms with Gasteiger partial charge in [-0.3, -0.25) is 4.79 Å². The predicted octanol–water partition coefficient (Wildman–Crippen LogP) is 4.49. The topological polar surface area (TPSA) is 93.0 Å². The summed E-state index contributed by atoms with van der Waals surface area (Å²) in [6, 6.07) is 11.8. The maximum Gasteiger partial charge on any atom is 0.235 e. The van der Waals surface area contributed by atoms with Gasteiger partial charge >= 0.3 is 0 Å². The third-order valence-corrected chi connectivity index (χ3v) is 6.92. The molecule has 1 saturated carbocycles. The Labute approximate surface area is 202 Å². The second-order valence-corrected chi connectivity index (χ2v) is 10.6. The summed E-state index contributed by atoms with van der Waals surface area (Å²) in [5.41, 5.74) is 4.09. The zero-order chi connectivity index (χ0) is 24.3. The summed E-state index contributed by atoms with van der Waals surface area (Å²) in [6.45, 7) is 8.63. The van der Waals surface area contributed by atoms with Gasteiger partial charge in [0.2, 0.25) is 12.7 Å². The molecule has 1 amide bonds. The van der Waals surface area contributed by atoms with Crippen molar-refractivity contribution in [2.24, 2.45) is 0 Å². The molecule has 3 N–H and O–H groups in total. The first-order valence-electron chi connectivity index (χ1n) is 11.8. The number of amides is 1. The average Bonchev–Trinajstić information content (AvgIpc) is 3.31. The minimum absolute atomic E-state index is 0. The van der Waals surface area contributed by atoms with Gasteiger partial charge in [-0.1, -0.05) is 26.8 Å². The van der Waals surface area contributed by atoms with Crippen LogP contribution in [0.2, 0.25) is 0 Å². The molecule has 1 aliphatic carbocycles. The first-order valence-corrected chi connectivity index (χ1v) is 11.8. The van der Waals surface area contributed by atoms with Gasteiger partial charge in [-0.25, -0.2) is 0 Å². The molecular weight excluding hydrogens is 432 g/mol. The Balaban J connectivity index is 0.00000180. The van der Waals surface area contributed by atoms with Gasteiger partial charge in [0.05, 0.1) is 30.2 Å². The summed E-state index contributed by atoms with van der Waals surface area (Å²) in [7, 11) is 0. The normalized spacial score (nSPS) is 17.1. The number of hydrogen-bond acceptors (Lipinski definition) is 5. The molecule has 7 nitrogen and oxygen atoms in total. The van der Waals surface area contributed by atoms with E-state index in [1.807, 2.05) is 37.3 Å². The third-order valence-electron chi connectivity index (χ3n) is 6.92. The molecule has 2 aliphatic rings. The summed E-state index contributed by atoms with van der Waals surface area (Å²) in [5.74, 6) is 1.39. The van der Waals surface area contributed by atoms with Crippen LogP contribution in [0, 0.1) is 6.92 Å². The van der Waals surface area contributed by atoms with Crippen molar-refractivity contribution in [1.82, 2.24) is 4.57 Å². The lowest BCUT2D eigenvalue weighted by molar-refractivity contribution is -0.118. The van der Waals surface area contributed by atoms with Crippen LogP contribution >= 0.6 is 0 Å². The minimum Gasteiger partial charge on any atom is -0.454 e. The Morgan fingerprint density at radius 2 is 1.91 bits per heavy atom. The second kappa shape index (κ2) is 8.03. The number of fused-ring (bicyclic) bond motifs is 2. The minimum atomic E-state index is -0.841. The molecular formula is C27H36N2O5. The van der Waals surface area contributed by atoms with Gasteiger partial charge in [0.15, 0.2) is 11.5 Å². The lowest BCUT2D eigenvalue weighted by atomic mass is 9.92. The quantitative estimate of drug-likeness (QED) is 0.496. The Morgan fingerprint density at radius 1 is 1.18 bits per heavy atom. The van der Waals surface area contributed by atoms with Gasteiger partial charge in [0.1, 0.15) is 0 Å². The van der Waals surface area contributed by atoms with E-state index in [0.29, 0.717) is 18.0 Å². The Kier molecular flexibility index (Phi) is 5.37. The smallest absolute Gasteiger partial charge is 0.235 e. The van der Waals surface area contributed by atoms with Crippen LogP contribution < -0.4 is 14.8 Å². The number of aliphatic hydroxyl groups excluding tert-OH is 2. The van der Waals surface area contributed by atoms with Crippen molar-refractivity contribution in [3.05, 3.63) is 53.2 Å². The van der Waals surface area contributed by atoms with Crippen LogP contribution in [-0.4, -0.2) is 40.2 Å². The lowest BCUT2D eigenvalue weighted by Gasteiger charge is -2.24. The first kappa shape index (κ1) is 22.7. The number of ether oxygens (including phenoxy) is 2. The molecule has 0 saturated heterocycles. The molecule has 1 aliphatic heterocycles. The van der Waals surface area contributed by atoms with Crippen molar-refractivity contribution in [2.75, 3.05) is 18.7 Å². The van der Waals surface area contributed by atoms with Gasteiger partial charge in [-0.05, 0) is 61.2 Å². The number of nitrogens with one attached hydrogen (secondary N) is 1. The molecule has 1 fully saturated rings. The molecule has 7 heteroatoms. The summed E-state index contributed by atoms with van der Waals surface area (Å²) in [6.07, 6.45) is 0.749. The van der Waals surface area contributed by atoms with Gasteiger partial charge in [-0.15, -0.1) is 0 Å². The van der Waals surface area contributed by atoms with E-state index >= 15 is 0 Å². The maximum absolute atomic E-state index is 13.4. The molecule has 34 heavy (non-hydrogen) atoms. The Hall–Kier alpha value is -3.03. The van der Waals surface area contributed by atoms with Crippen molar-refractivity contribution in [1.29, 1.82) is 0 Å². The van der Waals surface area contributed by atoms with Gasteiger partial charge in [-0.2, -0.15) is 0 Å². The van der Waals surface area contributed by atoms with Crippen LogP contribution in [-0.2, 0) is 22.2 Å². The highest BCUT2D eigenvalue weighted by molar-refractivity contribution is 6.03. The number of hydrogen-bond donors (Lipinski definition) is 3. The van der Waals surface area contributed by atoms with Crippen molar-refractivity contribution >= 4 is 22.5 Å². The van der Waals surface area contributed by atoms with E-state index < -0.39 is 11.5 Å². The van der Waals surface area contributed by atoms with Gasteiger partial charge < -0.3 is 29.6 Å². The second-order valence-electron chi connectivity index (χ2n) is 10.6. The highest BCUT2D eigenvalue weighted by Crippen LogP contribution is 2.51. The largest absolute Gasteiger partial charge is 0.454 e. The third kappa shape index (κ3) is 3.83. The molecule has 0 bridgehead atoms. The van der Waals surface area contributed by atoms with E-state index in [1.54, 1.807) is 0 Å². The summed E-state index contributed by atoms with van der Waals surface area (Å²) in [4.78, 5) is 13.4. The highest BCUT2D eigenvalue weighted by atomic mass is 16.7. The molecule has 1 atom stereocenters. The van der Waals surface area contributed by atoms with Gasteiger partial charge in [0.25, 0.3) is 0 Å². The first-order chi connectivity index (χ1) is 16.1. The fourth-order valence-electron chi connectivity index (χ4n) is 5.00. The van der Waals surface area contributed by atoms with E-state index in [1.165, 1.54) is 0 Å². The Bertz CT molecular complexity index is 1280.